The van der Waals surface area contributed by atoms with Gasteiger partial charge < -0.3 is 14.6 Å². The number of hydrogen-bond acceptors (Lipinski definition) is 5. The number of ether oxygens (including phenoxy) is 1. The number of carbonyl (C=O) groups excluding carboxylic acids is 2. The van der Waals surface area contributed by atoms with Gasteiger partial charge in [-0.1, -0.05) is 0 Å². The number of nitrogens with one attached hydrogen (secondary N) is 1. The highest BCUT2D eigenvalue weighted by Crippen LogP contribution is 2.37. The first-order chi connectivity index (χ1) is 10.1. The normalized spacial score (nSPS) is 27.6. The van der Waals surface area contributed by atoms with Crippen LogP contribution in [0.1, 0.15) is 35.1 Å². The Balaban J connectivity index is 1.58. The molecule has 21 heavy (non-hydrogen) atoms. The van der Waals surface area contributed by atoms with Gasteiger partial charge in [-0.2, -0.15) is 0 Å². The first kappa shape index (κ1) is 12.6. The lowest BCUT2D eigenvalue weighted by Crippen LogP contribution is -2.32. The van der Waals surface area contributed by atoms with Crippen LogP contribution in [-0.4, -0.2) is 46.4 Å². The molecule has 7 nitrogen and oxygen atoms in total. The van der Waals surface area contributed by atoms with Crippen LogP contribution in [0.5, 0.6) is 0 Å². The van der Waals surface area contributed by atoms with Gasteiger partial charge in [0.1, 0.15) is 11.5 Å². The number of aromatic nitrogens is 2. The zero-order chi connectivity index (χ0) is 14.6. The van der Waals surface area contributed by atoms with Crippen molar-refractivity contribution in [2.45, 2.75) is 18.8 Å². The van der Waals surface area contributed by atoms with Gasteiger partial charge in [-0.3, -0.25) is 14.4 Å². The minimum absolute atomic E-state index is 0.0753. The van der Waals surface area contributed by atoms with Gasteiger partial charge in [0.25, 0.3) is 11.5 Å². The molecule has 3 fully saturated rings. The van der Waals surface area contributed by atoms with Crippen LogP contribution in [0.25, 0.3) is 0 Å². The Labute approximate surface area is 120 Å². The number of esters is 1. The van der Waals surface area contributed by atoms with E-state index in [1.165, 1.54) is 6.07 Å². The zero-order valence-electron chi connectivity index (χ0n) is 11.4. The first-order valence-corrected chi connectivity index (χ1v) is 7.19. The van der Waals surface area contributed by atoms with E-state index in [0.717, 1.165) is 12.8 Å². The van der Waals surface area contributed by atoms with E-state index < -0.39 is 0 Å². The lowest BCUT2D eigenvalue weighted by atomic mass is 10.0. The molecule has 2 aliphatic heterocycles. The average Bonchev–Trinajstić information content (AvgIpc) is 3.14. The molecule has 1 aromatic rings. The molecule has 0 radical (unpaired) electrons. The summed E-state index contributed by atoms with van der Waals surface area (Å²) in [4.78, 5) is 44.3. The molecule has 1 aromatic heterocycles. The number of cyclic esters (lactones) is 1. The quantitative estimate of drug-likeness (QED) is 0.767. The van der Waals surface area contributed by atoms with Crippen LogP contribution in [-0.2, 0) is 9.53 Å². The number of aromatic amines is 1. The molecule has 0 unspecified atom stereocenters. The van der Waals surface area contributed by atoms with Crippen LogP contribution in [0.15, 0.2) is 10.9 Å². The molecule has 2 atom stereocenters. The van der Waals surface area contributed by atoms with E-state index in [9.17, 15) is 14.4 Å². The smallest absolute Gasteiger partial charge is 0.311 e. The van der Waals surface area contributed by atoms with Crippen molar-refractivity contribution in [2.75, 3.05) is 19.7 Å². The molecule has 1 N–H and O–H groups in total. The van der Waals surface area contributed by atoms with E-state index in [-0.39, 0.29) is 40.9 Å². The number of rotatable bonds is 2. The molecule has 1 aliphatic carbocycles. The summed E-state index contributed by atoms with van der Waals surface area (Å²) in [6.07, 6.45) is 2.00. The van der Waals surface area contributed by atoms with Crippen molar-refractivity contribution in [1.82, 2.24) is 14.9 Å². The van der Waals surface area contributed by atoms with Crippen LogP contribution in [0.4, 0.5) is 0 Å². The number of carbonyl (C=O) groups is 2. The first-order valence-electron chi connectivity index (χ1n) is 7.19. The van der Waals surface area contributed by atoms with Crippen molar-refractivity contribution >= 4 is 11.9 Å². The summed E-state index contributed by atoms with van der Waals surface area (Å²) in [5.74, 6) is 0.228. The third-order valence-corrected chi connectivity index (χ3v) is 4.41. The Morgan fingerprint density at radius 1 is 1.33 bits per heavy atom. The fourth-order valence-corrected chi connectivity index (χ4v) is 3.07. The van der Waals surface area contributed by atoms with E-state index in [0.29, 0.717) is 25.5 Å². The summed E-state index contributed by atoms with van der Waals surface area (Å²) in [6, 6.07) is 1.24. The number of hydrogen-bond donors (Lipinski definition) is 1. The minimum Gasteiger partial charge on any atom is -0.465 e. The number of likely N-dealkylation sites (tertiary alicyclic amines) is 1. The third kappa shape index (κ3) is 2.12. The molecule has 3 heterocycles. The van der Waals surface area contributed by atoms with Gasteiger partial charge in [-0.25, -0.2) is 4.98 Å². The summed E-state index contributed by atoms with van der Waals surface area (Å²) in [5, 5.41) is 0. The Kier molecular flexibility index (Phi) is 2.63. The Bertz CT molecular complexity index is 679. The van der Waals surface area contributed by atoms with Crippen LogP contribution >= 0.6 is 0 Å². The molecule has 0 spiro atoms. The summed E-state index contributed by atoms with van der Waals surface area (Å²) in [7, 11) is 0. The summed E-state index contributed by atoms with van der Waals surface area (Å²) in [6.45, 7) is 1.22. The molecule has 2 saturated heterocycles. The number of nitrogens with zero attached hydrogens (tertiary/aromatic N) is 2. The van der Waals surface area contributed by atoms with E-state index in [2.05, 4.69) is 9.97 Å². The second kappa shape index (κ2) is 4.41. The lowest BCUT2D eigenvalue weighted by Gasteiger charge is -2.16. The van der Waals surface area contributed by atoms with Crippen molar-refractivity contribution in [3.05, 3.63) is 27.9 Å². The van der Waals surface area contributed by atoms with Gasteiger partial charge in [0.15, 0.2) is 0 Å². The summed E-state index contributed by atoms with van der Waals surface area (Å²) >= 11 is 0. The van der Waals surface area contributed by atoms with Crippen LogP contribution in [0.3, 0.4) is 0 Å². The summed E-state index contributed by atoms with van der Waals surface area (Å²) < 4.78 is 4.98. The van der Waals surface area contributed by atoms with Crippen LogP contribution in [0, 0.1) is 11.8 Å². The highest BCUT2D eigenvalue weighted by molar-refractivity contribution is 5.93. The average molecular weight is 289 g/mol. The van der Waals surface area contributed by atoms with Crippen molar-refractivity contribution in [3.63, 3.8) is 0 Å². The molecular formula is C14H15N3O4. The maximum atomic E-state index is 12.5. The number of fused-ring (bicyclic) bond motifs is 1. The Morgan fingerprint density at radius 3 is 2.86 bits per heavy atom. The van der Waals surface area contributed by atoms with Crippen molar-refractivity contribution in [1.29, 1.82) is 0 Å². The van der Waals surface area contributed by atoms with Gasteiger partial charge in [0, 0.05) is 31.0 Å². The second-order valence-corrected chi connectivity index (χ2v) is 6.00. The SMILES string of the molecule is O=C1OC[C@H]2CN(C(=O)c3cc(=O)[nH]c(C4CC4)n3)C[C@@H]12. The molecular weight excluding hydrogens is 274 g/mol. The fraction of sp³-hybridized carbons (Fsp3) is 0.571. The van der Waals surface area contributed by atoms with E-state index in [1.54, 1.807) is 4.90 Å². The lowest BCUT2D eigenvalue weighted by molar-refractivity contribution is -0.141. The summed E-state index contributed by atoms with van der Waals surface area (Å²) in [5.41, 5.74) is -0.122. The van der Waals surface area contributed by atoms with Crippen LogP contribution in [0.2, 0.25) is 0 Å². The molecule has 3 aliphatic rings. The Morgan fingerprint density at radius 2 is 2.14 bits per heavy atom. The van der Waals surface area contributed by atoms with Crippen LogP contribution < -0.4 is 5.56 Å². The monoisotopic (exact) mass is 289 g/mol. The molecule has 110 valence electrons. The topological polar surface area (TPSA) is 92.4 Å². The van der Waals surface area contributed by atoms with Crippen molar-refractivity contribution in [3.8, 4) is 0 Å². The zero-order valence-corrected chi connectivity index (χ0v) is 11.4. The predicted molar refractivity (Wildman–Crippen MR) is 70.7 cm³/mol. The number of H-pyrrole nitrogens is 1. The molecule has 0 aromatic carbocycles. The van der Waals surface area contributed by atoms with Gasteiger partial charge in [-0.05, 0) is 12.8 Å². The van der Waals surface area contributed by atoms with Gasteiger partial charge >= 0.3 is 5.97 Å². The minimum atomic E-state index is -0.297. The Hall–Kier alpha value is -2.18. The largest absolute Gasteiger partial charge is 0.465 e. The molecule has 1 amide bonds. The highest BCUT2D eigenvalue weighted by atomic mass is 16.5. The van der Waals surface area contributed by atoms with E-state index >= 15 is 0 Å². The van der Waals surface area contributed by atoms with E-state index in [1.807, 2.05) is 0 Å². The molecule has 7 heteroatoms. The molecule has 0 bridgehead atoms. The van der Waals surface area contributed by atoms with Gasteiger partial charge in [0.2, 0.25) is 0 Å². The highest BCUT2D eigenvalue weighted by Gasteiger charge is 2.45. The molecule has 1 saturated carbocycles. The predicted octanol–water partition coefficient (Wildman–Crippen LogP) is -0.108. The fourth-order valence-electron chi connectivity index (χ4n) is 3.07. The number of amides is 1. The van der Waals surface area contributed by atoms with E-state index in [4.69, 9.17) is 4.74 Å². The van der Waals surface area contributed by atoms with Gasteiger partial charge in [0.05, 0.1) is 12.5 Å². The standard InChI is InChI=1S/C14H15N3O4/c18-11-3-10(15-12(16-11)7-1-2-7)13(19)17-4-8-6-21-14(20)9(8)5-17/h3,7-9H,1-2,4-6H2,(H,15,16,18)/t8-,9-/m1/s1. The van der Waals surface area contributed by atoms with Gasteiger partial charge in [-0.15, -0.1) is 0 Å². The molecule has 4 rings (SSSR count). The van der Waals surface area contributed by atoms with Crippen molar-refractivity contribution < 1.29 is 14.3 Å². The van der Waals surface area contributed by atoms with Crippen molar-refractivity contribution in [2.24, 2.45) is 11.8 Å². The third-order valence-electron chi connectivity index (χ3n) is 4.41. The maximum Gasteiger partial charge on any atom is 0.311 e. The second-order valence-electron chi connectivity index (χ2n) is 6.00. The maximum absolute atomic E-state index is 12.5.